The quantitative estimate of drug-likeness (QED) is 0.640. The molecule has 4 rings (SSSR count). The summed E-state index contributed by atoms with van der Waals surface area (Å²) in [5.74, 6) is -0.181. The number of pyridine rings is 3. The molecule has 0 aliphatic carbocycles. The molecule has 0 aromatic carbocycles. The number of amides is 1. The molecule has 8 nitrogen and oxygen atoms in total. The zero-order chi connectivity index (χ0) is 22.8. The molecule has 4 heterocycles. The molecule has 0 bridgehead atoms. The van der Waals surface area contributed by atoms with Crippen molar-refractivity contribution in [1.82, 2.24) is 25.2 Å². The average molecular weight is 435 g/mol. The molecule has 0 saturated carbocycles. The lowest BCUT2D eigenvalue weighted by Gasteiger charge is -2.45. The standard InChI is InChI=1S/C24H30N6O2/c1-5-18-9-21-22(28-23(18)31)8-17(10-26-21)14-30-15(2)12-29(13-16(30)3)19-6-7-20(27-11-19)24(32)25-4/h6-11,15-16H,5,12-14H2,1-4H3,(H,25,32)(H,28,31). The van der Waals surface area contributed by atoms with Gasteiger partial charge in [0.2, 0.25) is 0 Å². The number of aromatic amines is 1. The highest BCUT2D eigenvalue weighted by molar-refractivity contribution is 5.92. The Hall–Kier alpha value is -3.26. The molecular weight excluding hydrogens is 404 g/mol. The number of hydrogen-bond donors (Lipinski definition) is 2. The van der Waals surface area contributed by atoms with Crippen LogP contribution in [-0.2, 0) is 13.0 Å². The van der Waals surface area contributed by atoms with Crippen LogP contribution < -0.4 is 15.8 Å². The second-order valence-electron chi connectivity index (χ2n) is 8.51. The molecule has 8 heteroatoms. The first kappa shape index (κ1) is 22.0. The van der Waals surface area contributed by atoms with E-state index in [1.165, 1.54) is 0 Å². The van der Waals surface area contributed by atoms with Crippen LogP contribution in [0.1, 0.15) is 42.4 Å². The summed E-state index contributed by atoms with van der Waals surface area (Å²) in [6, 6.07) is 8.27. The minimum atomic E-state index is -0.181. The molecule has 1 fully saturated rings. The number of carbonyl (C=O) groups is 1. The number of aromatic nitrogens is 3. The van der Waals surface area contributed by atoms with Gasteiger partial charge in [-0.2, -0.15) is 0 Å². The number of rotatable bonds is 5. The van der Waals surface area contributed by atoms with E-state index in [-0.39, 0.29) is 11.5 Å². The number of hydrogen-bond acceptors (Lipinski definition) is 6. The molecular formula is C24H30N6O2. The number of piperazine rings is 1. The van der Waals surface area contributed by atoms with Gasteiger partial charge in [0.25, 0.3) is 11.5 Å². The summed E-state index contributed by atoms with van der Waals surface area (Å²) in [6.45, 7) is 8.91. The van der Waals surface area contributed by atoms with Gasteiger partial charge in [0.1, 0.15) is 5.69 Å². The normalized spacial score (nSPS) is 19.3. The number of anilines is 1. The Bertz CT molecular complexity index is 1160. The van der Waals surface area contributed by atoms with Gasteiger partial charge in [0.15, 0.2) is 0 Å². The molecule has 3 aromatic rings. The third-order valence-electron chi connectivity index (χ3n) is 6.25. The summed E-state index contributed by atoms with van der Waals surface area (Å²) >= 11 is 0. The molecule has 32 heavy (non-hydrogen) atoms. The van der Waals surface area contributed by atoms with Gasteiger partial charge in [0, 0.05) is 50.5 Å². The van der Waals surface area contributed by atoms with Crippen LogP contribution in [0, 0.1) is 0 Å². The topological polar surface area (TPSA) is 94.2 Å². The predicted molar refractivity (Wildman–Crippen MR) is 126 cm³/mol. The van der Waals surface area contributed by atoms with Crippen molar-refractivity contribution in [3.63, 3.8) is 0 Å². The van der Waals surface area contributed by atoms with Gasteiger partial charge < -0.3 is 15.2 Å². The van der Waals surface area contributed by atoms with Crippen molar-refractivity contribution in [2.45, 2.75) is 45.8 Å². The summed E-state index contributed by atoms with van der Waals surface area (Å²) in [5.41, 5.74) is 4.85. The first-order chi connectivity index (χ1) is 15.4. The SMILES string of the molecule is CCc1cc2ncc(CN3C(C)CN(c4ccc(C(=O)NC)nc4)CC3C)cc2[nH]c1=O. The number of nitrogens with one attached hydrogen (secondary N) is 2. The van der Waals surface area contributed by atoms with E-state index in [2.05, 4.69) is 43.9 Å². The Morgan fingerprint density at radius 1 is 1.16 bits per heavy atom. The van der Waals surface area contributed by atoms with Crippen LogP contribution in [0.2, 0.25) is 0 Å². The second kappa shape index (κ2) is 9.08. The van der Waals surface area contributed by atoms with Crippen LogP contribution in [-0.4, -0.2) is 58.0 Å². The summed E-state index contributed by atoms with van der Waals surface area (Å²) in [7, 11) is 1.60. The third kappa shape index (κ3) is 4.36. The van der Waals surface area contributed by atoms with Gasteiger partial charge in [-0.05, 0) is 50.1 Å². The van der Waals surface area contributed by atoms with Crippen LogP contribution in [0.15, 0.2) is 41.5 Å². The van der Waals surface area contributed by atoms with E-state index >= 15 is 0 Å². The fourth-order valence-electron chi connectivity index (χ4n) is 4.44. The summed E-state index contributed by atoms with van der Waals surface area (Å²) in [6.07, 6.45) is 4.37. The van der Waals surface area contributed by atoms with Crippen molar-refractivity contribution in [3.8, 4) is 0 Å². The molecule has 1 amide bonds. The Kier molecular flexibility index (Phi) is 6.23. The maximum absolute atomic E-state index is 12.2. The monoisotopic (exact) mass is 434 g/mol. The van der Waals surface area contributed by atoms with E-state index in [0.717, 1.165) is 47.5 Å². The Labute approximate surface area is 187 Å². The lowest BCUT2D eigenvalue weighted by Crippen LogP contribution is -2.56. The van der Waals surface area contributed by atoms with Gasteiger partial charge in [0.05, 0.1) is 22.9 Å². The number of carbonyl (C=O) groups excluding carboxylic acids is 1. The molecule has 0 spiro atoms. The zero-order valence-corrected chi connectivity index (χ0v) is 19.1. The number of H-pyrrole nitrogens is 1. The maximum Gasteiger partial charge on any atom is 0.269 e. The Morgan fingerprint density at radius 3 is 2.53 bits per heavy atom. The minimum absolute atomic E-state index is 0.0367. The van der Waals surface area contributed by atoms with E-state index in [1.54, 1.807) is 19.3 Å². The molecule has 2 unspecified atom stereocenters. The highest BCUT2D eigenvalue weighted by Gasteiger charge is 2.30. The molecule has 0 radical (unpaired) electrons. The summed E-state index contributed by atoms with van der Waals surface area (Å²) < 4.78 is 0. The fraction of sp³-hybridized carbons (Fsp3) is 0.417. The minimum Gasteiger partial charge on any atom is -0.367 e. The van der Waals surface area contributed by atoms with Crippen molar-refractivity contribution in [2.24, 2.45) is 0 Å². The Balaban J connectivity index is 1.48. The van der Waals surface area contributed by atoms with E-state index in [9.17, 15) is 9.59 Å². The lowest BCUT2D eigenvalue weighted by molar-refractivity contribution is 0.0958. The Morgan fingerprint density at radius 2 is 1.91 bits per heavy atom. The first-order valence-electron chi connectivity index (χ1n) is 11.1. The van der Waals surface area contributed by atoms with E-state index in [1.807, 2.05) is 31.3 Å². The zero-order valence-electron chi connectivity index (χ0n) is 19.1. The maximum atomic E-state index is 12.2. The van der Waals surface area contributed by atoms with Gasteiger partial charge in [-0.15, -0.1) is 0 Å². The van der Waals surface area contributed by atoms with Crippen LogP contribution in [0.4, 0.5) is 5.69 Å². The second-order valence-corrected chi connectivity index (χ2v) is 8.51. The van der Waals surface area contributed by atoms with Gasteiger partial charge in [-0.25, -0.2) is 4.98 Å². The predicted octanol–water partition coefficient (Wildman–Crippen LogP) is 2.34. The molecule has 1 aliphatic heterocycles. The van der Waals surface area contributed by atoms with Crippen molar-refractivity contribution < 1.29 is 4.79 Å². The number of nitrogens with zero attached hydrogens (tertiary/aromatic N) is 4. The summed E-state index contributed by atoms with van der Waals surface area (Å²) in [4.78, 5) is 40.6. The molecule has 1 saturated heterocycles. The van der Waals surface area contributed by atoms with E-state index in [0.29, 0.717) is 24.2 Å². The summed E-state index contributed by atoms with van der Waals surface area (Å²) in [5, 5.41) is 2.60. The lowest BCUT2D eigenvalue weighted by atomic mass is 10.1. The molecule has 2 N–H and O–H groups in total. The fourth-order valence-corrected chi connectivity index (χ4v) is 4.44. The van der Waals surface area contributed by atoms with Crippen LogP contribution in [0.3, 0.4) is 0 Å². The van der Waals surface area contributed by atoms with Crippen molar-refractivity contribution in [3.05, 3.63) is 63.8 Å². The van der Waals surface area contributed by atoms with E-state index < -0.39 is 0 Å². The van der Waals surface area contributed by atoms with Crippen molar-refractivity contribution in [1.29, 1.82) is 0 Å². The van der Waals surface area contributed by atoms with Crippen molar-refractivity contribution >= 4 is 22.6 Å². The van der Waals surface area contributed by atoms with E-state index in [4.69, 9.17) is 0 Å². The molecule has 1 aliphatic rings. The highest BCUT2D eigenvalue weighted by atomic mass is 16.1. The highest BCUT2D eigenvalue weighted by Crippen LogP contribution is 2.24. The number of aryl methyl sites for hydroxylation is 1. The largest absolute Gasteiger partial charge is 0.367 e. The molecule has 3 aromatic heterocycles. The van der Waals surface area contributed by atoms with Crippen LogP contribution >= 0.6 is 0 Å². The molecule has 2 atom stereocenters. The third-order valence-corrected chi connectivity index (χ3v) is 6.25. The first-order valence-corrected chi connectivity index (χ1v) is 11.1. The van der Waals surface area contributed by atoms with Crippen LogP contribution in [0.5, 0.6) is 0 Å². The average Bonchev–Trinajstić information content (AvgIpc) is 2.80. The van der Waals surface area contributed by atoms with Crippen molar-refractivity contribution in [2.75, 3.05) is 25.0 Å². The molecule has 168 valence electrons. The number of fused-ring (bicyclic) bond motifs is 1. The smallest absolute Gasteiger partial charge is 0.269 e. The van der Waals surface area contributed by atoms with Crippen LogP contribution in [0.25, 0.3) is 11.0 Å². The van der Waals surface area contributed by atoms with Gasteiger partial charge in [-0.3, -0.25) is 19.5 Å². The van der Waals surface area contributed by atoms with Gasteiger partial charge >= 0.3 is 0 Å². The van der Waals surface area contributed by atoms with Gasteiger partial charge in [-0.1, -0.05) is 6.92 Å².